The van der Waals surface area contributed by atoms with Gasteiger partial charge in [-0.2, -0.15) is 0 Å². The Bertz CT molecular complexity index is 530. The molecule has 0 fully saturated rings. The maximum absolute atomic E-state index is 13.0. The Balaban J connectivity index is 2.27. The van der Waals surface area contributed by atoms with Crippen molar-refractivity contribution in [2.45, 2.75) is 70.1 Å². The minimum atomic E-state index is -0.849. The highest BCUT2D eigenvalue weighted by Crippen LogP contribution is 2.41. The van der Waals surface area contributed by atoms with Crippen molar-refractivity contribution in [3.8, 4) is 0 Å². The third kappa shape index (κ3) is 4.59. The molecule has 0 spiro atoms. The van der Waals surface area contributed by atoms with Gasteiger partial charge in [-0.15, -0.1) is 0 Å². The molecule has 0 aromatic heterocycles. The number of aryl methyl sites for hydroxylation is 1. The van der Waals surface area contributed by atoms with Crippen LogP contribution >= 0.6 is 0 Å². The third-order valence-corrected chi connectivity index (χ3v) is 7.05. The summed E-state index contributed by atoms with van der Waals surface area (Å²) in [6, 6.07) is 6.47. The minimum Gasteiger partial charge on any atom is -0.378 e. The van der Waals surface area contributed by atoms with Crippen molar-refractivity contribution >= 4 is 16.5 Å². The summed E-state index contributed by atoms with van der Waals surface area (Å²) < 4.78 is 13.0. The van der Waals surface area contributed by atoms with Gasteiger partial charge in [-0.1, -0.05) is 39.5 Å². The molecule has 0 N–H and O–H groups in total. The topological polar surface area (TPSA) is 20.3 Å². The summed E-state index contributed by atoms with van der Waals surface area (Å²) >= 11 is 0. The Morgan fingerprint density at radius 3 is 2.35 bits per heavy atom. The van der Waals surface area contributed by atoms with Gasteiger partial charge >= 0.3 is 0 Å². The highest BCUT2D eigenvalue weighted by molar-refractivity contribution is 7.85. The zero-order valence-corrected chi connectivity index (χ0v) is 16.2. The van der Waals surface area contributed by atoms with Crippen molar-refractivity contribution in [3.63, 3.8) is 0 Å². The molecule has 1 aliphatic rings. The van der Waals surface area contributed by atoms with Crippen molar-refractivity contribution < 1.29 is 4.21 Å². The van der Waals surface area contributed by atoms with Crippen LogP contribution in [0.3, 0.4) is 0 Å². The second-order valence-electron chi connectivity index (χ2n) is 7.38. The molecule has 1 unspecified atom stereocenters. The first kappa shape index (κ1) is 18.5. The van der Waals surface area contributed by atoms with Gasteiger partial charge in [-0.05, 0) is 54.9 Å². The number of fused-ring (bicyclic) bond motifs is 1. The summed E-state index contributed by atoms with van der Waals surface area (Å²) in [7, 11) is 3.29. The van der Waals surface area contributed by atoms with Crippen molar-refractivity contribution in [2.75, 3.05) is 24.7 Å². The van der Waals surface area contributed by atoms with E-state index in [9.17, 15) is 4.21 Å². The Kier molecular flexibility index (Phi) is 6.70. The Morgan fingerprint density at radius 2 is 1.78 bits per heavy atom. The van der Waals surface area contributed by atoms with Gasteiger partial charge in [0.25, 0.3) is 0 Å². The van der Waals surface area contributed by atoms with Gasteiger partial charge in [-0.3, -0.25) is 4.21 Å². The van der Waals surface area contributed by atoms with E-state index in [1.54, 1.807) is 0 Å². The van der Waals surface area contributed by atoms with Crippen LogP contribution in [0.15, 0.2) is 23.1 Å². The largest absolute Gasteiger partial charge is 0.378 e. The van der Waals surface area contributed by atoms with Crippen molar-refractivity contribution in [3.05, 3.63) is 23.8 Å². The molecular formula is C20H33NOS. The molecule has 2 rings (SSSR count). The molecule has 1 aromatic carbocycles. The van der Waals surface area contributed by atoms with Crippen LogP contribution in [0.2, 0.25) is 0 Å². The molecule has 0 saturated heterocycles. The zero-order valence-electron chi connectivity index (χ0n) is 15.4. The molecule has 1 aliphatic heterocycles. The third-order valence-electron chi connectivity index (χ3n) is 5.29. The average molecular weight is 336 g/mol. The van der Waals surface area contributed by atoms with E-state index in [0.29, 0.717) is 0 Å². The quantitative estimate of drug-likeness (QED) is 0.685. The Hall–Kier alpha value is -0.830. The van der Waals surface area contributed by atoms with Crippen molar-refractivity contribution in [1.82, 2.24) is 0 Å². The predicted molar refractivity (Wildman–Crippen MR) is 102 cm³/mol. The van der Waals surface area contributed by atoms with Crippen LogP contribution in [0, 0.1) is 5.41 Å². The molecule has 1 aromatic rings. The van der Waals surface area contributed by atoms with Gasteiger partial charge in [0.1, 0.15) is 0 Å². The highest BCUT2D eigenvalue weighted by Gasteiger charge is 2.34. The van der Waals surface area contributed by atoms with E-state index in [0.717, 1.165) is 17.1 Å². The van der Waals surface area contributed by atoms with E-state index >= 15 is 0 Å². The fourth-order valence-electron chi connectivity index (χ4n) is 3.71. The molecular weight excluding hydrogens is 302 g/mol. The fourth-order valence-corrected chi connectivity index (χ4v) is 5.53. The molecule has 1 heterocycles. The Labute approximate surface area is 145 Å². The molecule has 0 aliphatic carbocycles. The van der Waals surface area contributed by atoms with Gasteiger partial charge in [0.05, 0.1) is 10.8 Å². The molecule has 23 heavy (non-hydrogen) atoms. The fraction of sp³-hybridized carbons (Fsp3) is 0.700. The lowest BCUT2D eigenvalue weighted by Gasteiger charge is -2.32. The monoisotopic (exact) mass is 335 g/mol. The van der Waals surface area contributed by atoms with E-state index < -0.39 is 10.8 Å². The zero-order chi connectivity index (χ0) is 16.9. The maximum Gasteiger partial charge on any atom is 0.0537 e. The van der Waals surface area contributed by atoms with E-state index in [-0.39, 0.29) is 5.41 Å². The molecule has 1 atom stereocenters. The lowest BCUT2D eigenvalue weighted by atomic mass is 9.75. The van der Waals surface area contributed by atoms with Crippen LogP contribution in [0.5, 0.6) is 0 Å². The first-order chi connectivity index (χ1) is 11.0. The van der Waals surface area contributed by atoms with Crippen LogP contribution in [-0.2, 0) is 17.2 Å². The van der Waals surface area contributed by atoms with Gasteiger partial charge in [-0.25, -0.2) is 0 Å². The van der Waals surface area contributed by atoms with E-state index in [1.807, 2.05) is 0 Å². The van der Waals surface area contributed by atoms with Crippen LogP contribution < -0.4 is 4.90 Å². The SMILES string of the molecule is CCCCC1(CCCC)CCc2cc(N(C)C)ccc2S(=O)C1. The summed E-state index contributed by atoms with van der Waals surface area (Å²) in [5.41, 5.74) is 2.81. The molecule has 130 valence electrons. The smallest absolute Gasteiger partial charge is 0.0537 e. The minimum absolute atomic E-state index is 0.286. The van der Waals surface area contributed by atoms with E-state index in [2.05, 4.69) is 51.0 Å². The van der Waals surface area contributed by atoms with Crippen LogP contribution in [0.25, 0.3) is 0 Å². The number of rotatable bonds is 7. The summed E-state index contributed by atoms with van der Waals surface area (Å²) in [6.07, 6.45) is 9.75. The van der Waals surface area contributed by atoms with Gasteiger partial charge in [0.2, 0.25) is 0 Å². The molecule has 0 bridgehead atoms. The van der Waals surface area contributed by atoms with Gasteiger partial charge in [0, 0.05) is 30.4 Å². The first-order valence-electron chi connectivity index (χ1n) is 9.20. The number of hydrogen-bond acceptors (Lipinski definition) is 2. The lowest BCUT2D eigenvalue weighted by molar-refractivity contribution is 0.242. The molecule has 0 radical (unpaired) electrons. The molecule has 0 saturated carbocycles. The standard InChI is InChI=1S/C20H33NOS/c1-5-7-12-20(13-8-6-2)14-11-17-15-18(21(3)4)9-10-19(17)23(22)16-20/h9-10,15H,5-8,11-14,16H2,1-4H3. The van der Waals surface area contributed by atoms with Crippen molar-refractivity contribution in [2.24, 2.45) is 5.41 Å². The lowest BCUT2D eigenvalue weighted by Crippen LogP contribution is -2.27. The number of anilines is 1. The summed E-state index contributed by atoms with van der Waals surface area (Å²) in [4.78, 5) is 3.22. The average Bonchev–Trinajstić information content (AvgIpc) is 2.68. The number of benzene rings is 1. The molecule has 3 heteroatoms. The van der Waals surface area contributed by atoms with Crippen LogP contribution in [-0.4, -0.2) is 24.1 Å². The van der Waals surface area contributed by atoms with Crippen LogP contribution in [0.4, 0.5) is 5.69 Å². The Morgan fingerprint density at radius 1 is 1.13 bits per heavy atom. The maximum atomic E-state index is 13.0. The first-order valence-corrected chi connectivity index (χ1v) is 10.5. The van der Waals surface area contributed by atoms with E-state index in [1.165, 1.54) is 56.2 Å². The summed E-state index contributed by atoms with van der Waals surface area (Å²) in [5.74, 6) is 0.862. The second kappa shape index (κ2) is 8.32. The van der Waals surface area contributed by atoms with Crippen LogP contribution in [0.1, 0.15) is 64.4 Å². The van der Waals surface area contributed by atoms with Gasteiger partial charge in [0.15, 0.2) is 0 Å². The predicted octanol–water partition coefficient (Wildman–Crippen LogP) is 5.17. The molecule has 2 nitrogen and oxygen atoms in total. The number of hydrogen-bond donors (Lipinski definition) is 0. The van der Waals surface area contributed by atoms with Crippen molar-refractivity contribution in [1.29, 1.82) is 0 Å². The summed E-state index contributed by atoms with van der Waals surface area (Å²) in [5, 5.41) is 0. The van der Waals surface area contributed by atoms with E-state index in [4.69, 9.17) is 0 Å². The number of unbranched alkanes of at least 4 members (excludes halogenated alkanes) is 2. The normalized spacial score (nSPS) is 19.9. The highest BCUT2D eigenvalue weighted by atomic mass is 32.2. The summed E-state index contributed by atoms with van der Waals surface area (Å²) in [6.45, 7) is 4.53. The number of nitrogens with zero attached hydrogens (tertiary/aromatic N) is 1. The van der Waals surface area contributed by atoms with Gasteiger partial charge < -0.3 is 4.90 Å². The molecule has 0 amide bonds. The second-order valence-corrected chi connectivity index (χ2v) is 8.80.